The minimum Gasteiger partial charge on any atom is -0.475 e. The van der Waals surface area contributed by atoms with Crippen LogP contribution in [0.25, 0.3) is 0 Å². The van der Waals surface area contributed by atoms with E-state index < -0.39 is 23.6 Å². The summed E-state index contributed by atoms with van der Waals surface area (Å²) >= 11 is 0. The van der Waals surface area contributed by atoms with Crippen LogP contribution in [0.1, 0.15) is 45.4 Å². The Morgan fingerprint density at radius 3 is 2.29 bits per heavy atom. The number of nitro groups is 1. The van der Waals surface area contributed by atoms with Crippen LogP contribution in [0.2, 0.25) is 0 Å². The summed E-state index contributed by atoms with van der Waals surface area (Å²) in [5, 5.41) is 11.0. The number of Topliss-reactive ketones (excluding diaryl/α,β-unsaturated/α-hetero) is 1. The number of hydrogen-bond acceptors (Lipinski definition) is 6. The molecule has 0 N–H and O–H groups in total. The van der Waals surface area contributed by atoms with E-state index in [1.165, 1.54) is 37.5 Å². The van der Waals surface area contributed by atoms with Gasteiger partial charge in [0, 0.05) is 11.5 Å². The number of esters is 1. The van der Waals surface area contributed by atoms with Crippen LogP contribution in [-0.2, 0) is 14.3 Å². The van der Waals surface area contributed by atoms with Crippen molar-refractivity contribution in [1.29, 1.82) is 0 Å². The smallest absolute Gasteiger partial charge is 0.344 e. The Balaban J connectivity index is 1.35. The van der Waals surface area contributed by atoms with Crippen molar-refractivity contribution in [1.82, 2.24) is 0 Å². The standard InChI is InChI=1S/C21H25NO6/c1-13(20(24)21-9-14-6-15(10-21)8-16(7-14)11-21)28-19(23)12-27-18-5-3-2-4-17(18)22(25)26/h2-5,13-16H,6-12H2,1H3. The van der Waals surface area contributed by atoms with Crippen molar-refractivity contribution in [3.8, 4) is 5.75 Å². The average molecular weight is 387 g/mol. The molecule has 0 saturated heterocycles. The molecule has 7 heteroatoms. The van der Waals surface area contributed by atoms with E-state index >= 15 is 0 Å². The van der Waals surface area contributed by atoms with Crippen LogP contribution in [0.3, 0.4) is 0 Å². The normalized spacial score (nSPS) is 31.2. The molecule has 4 aliphatic carbocycles. The first-order valence-electron chi connectivity index (χ1n) is 9.96. The van der Waals surface area contributed by atoms with Gasteiger partial charge in [-0.1, -0.05) is 12.1 Å². The van der Waals surface area contributed by atoms with Gasteiger partial charge in [-0.15, -0.1) is 0 Å². The van der Waals surface area contributed by atoms with Gasteiger partial charge in [0.2, 0.25) is 0 Å². The third-order valence-electron chi connectivity index (χ3n) is 6.65. The van der Waals surface area contributed by atoms with Crippen LogP contribution in [0, 0.1) is 33.3 Å². The number of carbonyl (C=O) groups excluding carboxylic acids is 2. The first-order chi connectivity index (χ1) is 13.4. The third kappa shape index (κ3) is 3.50. The van der Waals surface area contributed by atoms with E-state index in [0.717, 1.165) is 19.3 Å². The molecule has 4 bridgehead atoms. The second kappa shape index (κ2) is 7.18. The molecule has 0 aliphatic heterocycles. The van der Waals surface area contributed by atoms with E-state index in [1.54, 1.807) is 13.0 Å². The van der Waals surface area contributed by atoms with Gasteiger partial charge in [0.1, 0.15) is 0 Å². The summed E-state index contributed by atoms with van der Waals surface area (Å²) < 4.78 is 10.6. The van der Waals surface area contributed by atoms with Crippen LogP contribution in [0.4, 0.5) is 5.69 Å². The quantitative estimate of drug-likeness (QED) is 0.402. The molecule has 4 aliphatic rings. The van der Waals surface area contributed by atoms with Crippen molar-refractivity contribution in [3.63, 3.8) is 0 Å². The highest BCUT2D eigenvalue weighted by molar-refractivity contribution is 5.90. The molecule has 1 aromatic carbocycles. The molecule has 1 unspecified atom stereocenters. The molecule has 0 aromatic heterocycles. The van der Waals surface area contributed by atoms with Crippen molar-refractivity contribution in [3.05, 3.63) is 34.4 Å². The Hall–Kier alpha value is -2.44. The van der Waals surface area contributed by atoms with E-state index in [9.17, 15) is 19.7 Å². The zero-order chi connectivity index (χ0) is 19.9. The van der Waals surface area contributed by atoms with Crippen LogP contribution < -0.4 is 4.74 Å². The molecule has 0 spiro atoms. The van der Waals surface area contributed by atoms with Gasteiger partial charge in [0.05, 0.1) is 4.92 Å². The molecule has 1 atom stereocenters. The topological polar surface area (TPSA) is 95.7 Å². The van der Waals surface area contributed by atoms with Crippen LogP contribution in [0.15, 0.2) is 24.3 Å². The van der Waals surface area contributed by atoms with Gasteiger partial charge in [0.25, 0.3) is 0 Å². The number of carbonyl (C=O) groups is 2. The molecule has 150 valence electrons. The number of hydrogen-bond donors (Lipinski definition) is 0. The lowest BCUT2D eigenvalue weighted by Crippen LogP contribution is -2.52. The second-order valence-electron chi connectivity index (χ2n) is 8.71. The van der Waals surface area contributed by atoms with Crippen molar-refractivity contribution < 1.29 is 24.0 Å². The monoisotopic (exact) mass is 387 g/mol. The summed E-state index contributed by atoms with van der Waals surface area (Å²) in [6.07, 6.45) is 5.67. The van der Waals surface area contributed by atoms with Gasteiger partial charge in [-0.25, -0.2) is 4.79 Å². The summed E-state index contributed by atoms with van der Waals surface area (Å²) in [7, 11) is 0. The van der Waals surface area contributed by atoms with Crippen LogP contribution in [-0.4, -0.2) is 29.4 Å². The van der Waals surface area contributed by atoms with E-state index in [1.807, 2.05) is 0 Å². The fraction of sp³-hybridized carbons (Fsp3) is 0.619. The lowest BCUT2D eigenvalue weighted by molar-refractivity contribution is -0.385. The van der Waals surface area contributed by atoms with Crippen molar-refractivity contribution in [2.45, 2.75) is 51.6 Å². The third-order valence-corrected chi connectivity index (χ3v) is 6.65. The molecule has 4 fully saturated rings. The Morgan fingerprint density at radius 1 is 1.14 bits per heavy atom. The molecular formula is C21H25NO6. The largest absolute Gasteiger partial charge is 0.475 e. The summed E-state index contributed by atoms with van der Waals surface area (Å²) in [5.41, 5.74) is -0.541. The van der Waals surface area contributed by atoms with Crippen LogP contribution in [0.5, 0.6) is 5.75 Å². The number of rotatable bonds is 7. The first kappa shape index (κ1) is 18.9. The predicted molar refractivity (Wildman–Crippen MR) is 99.8 cm³/mol. The minimum absolute atomic E-state index is 0.00418. The molecule has 0 radical (unpaired) electrons. The van der Waals surface area contributed by atoms with E-state index in [-0.39, 0.29) is 22.6 Å². The maximum atomic E-state index is 13.1. The van der Waals surface area contributed by atoms with Gasteiger partial charge >= 0.3 is 11.7 Å². The van der Waals surface area contributed by atoms with Gasteiger partial charge in [-0.3, -0.25) is 14.9 Å². The van der Waals surface area contributed by atoms with Gasteiger partial charge in [-0.2, -0.15) is 0 Å². The zero-order valence-electron chi connectivity index (χ0n) is 16.0. The minimum atomic E-state index is -0.821. The maximum Gasteiger partial charge on any atom is 0.344 e. The average Bonchev–Trinajstić information content (AvgIpc) is 2.64. The number of ketones is 1. The van der Waals surface area contributed by atoms with Crippen LogP contribution >= 0.6 is 0 Å². The number of ether oxygens (including phenoxy) is 2. The molecule has 7 nitrogen and oxygen atoms in total. The fourth-order valence-corrected chi connectivity index (χ4v) is 6.00. The Bertz CT molecular complexity index is 769. The van der Waals surface area contributed by atoms with E-state index in [0.29, 0.717) is 17.8 Å². The maximum absolute atomic E-state index is 13.1. The van der Waals surface area contributed by atoms with Gasteiger partial charge < -0.3 is 9.47 Å². The summed E-state index contributed by atoms with van der Waals surface area (Å²) in [6, 6.07) is 5.84. The lowest BCUT2D eigenvalue weighted by atomic mass is 9.48. The summed E-state index contributed by atoms with van der Waals surface area (Å²) in [6.45, 7) is 1.16. The van der Waals surface area contributed by atoms with E-state index in [2.05, 4.69) is 0 Å². The number of benzene rings is 1. The predicted octanol–water partition coefficient (Wildman–Crippen LogP) is 3.69. The zero-order valence-corrected chi connectivity index (χ0v) is 16.0. The molecule has 5 rings (SSSR count). The summed E-state index contributed by atoms with van der Waals surface area (Å²) in [5.74, 6) is 1.26. The Morgan fingerprint density at radius 2 is 1.71 bits per heavy atom. The highest BCUT2D eigenvalue weighted by Gasteiger charge is 2.55. The molecule has 28 heavy (non-hydrogen) atoms. The van der Waals surface area contributed by atoms with Crippen molar-refractivity contribution >= 4 is 17.4 Å². The molecule has 4 saturated carbocycles. The molecular weight excluding hydrogens is 362 g/mol. The SMILES string of the molecule is CC(OC(=O)COc1ccccc1[N+](=O)[O-])C(=O)C12CC3CC(CC(C3)C1)C2. The molecule has 1 aromatic rings. The van der Waals surface area contributed by atoms with Crippen molar-refractivity contribution in [2.24, 2.45) is 23.2 Å². The Labute approximate surface area is 163 Å². The number of nitro benzene ring substituents is 1. The highest BCUT2D eigenvalue weighted by atomic mass is 16.6. The van der Waals surface area contributed by atoms with E-state index in [4.69, 9.17) is 9.47 Å². The Kier molecular flexibility index (Phi) is 4.85. The lowest BCUT2D eigenvalue weighted by Gasteiger charge is -2.56. The number of nitrogens with zero attached hydrogens (tertiary/aromatic N) is 1. The highest BCUT2D eigenvalue weighted by Crippen LogP contribution is 2.60. The van der Waals surface area contributed by atoms with Gasteiger partial charge in [0.15, 0.2) is 24.2 Å². The second-order valence-corrected chi connectivity index (χ2v) is 8.71. The first-order valence-corrected chi connectivity index (χ1v) is 9.96. The summed E-state index contributed by atoms with van der Waals surface area (Å²) in [4.78, 5) is 35.7. The van der Waals surface area contributed by atoms with Crippen molar-refractivity contribution in [2.75, 3.05) is 6.61 Å². The van der Waals surface area contributed by atoms with Gasteiger partial charge in [-0.05, 0) is 69.3 Å². The molecule has 0 amide bonds. The molecule has 0 heterocycles. The fourth-order valence-electron chi connectivity index (χ4n) is 6.00. The number of para-hydroxylation sites is 2.